The number of hydrogen-bond acceptors (Lipinski definition) is 6. The Kier molecular flexibility index (Phi) is 8.42. The maximum atomic E-state index is 12.9. The molecule has 0 fully saturated rings. The number of anilines is 2. The zero-order valence-electron chi connectivity index (χ0n) is 19.4. The Bertz CT molecular complexity index is 1130. The Morgan fingerprint density at radius 1 is 1.00 bits per heavy atom. The summed E-state index contributed by atoms with van der Waals surface area (Å²) in [4.78, 5) is 38.0. The highest BCUT2D eigenvalue weighted by molar-refractivity contribution is 5.96. The molecule has 0 aliphatic rings. The van der Waals surface area contributed by atoms with E-state index in [0.717, 1.165) is 11.3 Å². The van der Waals surface area contributed by atoms with Crippen LogP contribution in [0.4, 0.5) is 11.4 Å². The summed E-state index contributed by atoms with van der Waals surface area (Å²) in [6.45, 7) is 2.37. The Hall–Kier alpha value is -4.11. The summed E-state index contributed by atoms with van der Waals surface area (Å²) in [5.41, 5.74) is 2.50. The van der Waals surface area contributed by atoms with Crippen LogP contribution in [0.2, 0.25) is 0 Å². The number of amides is 3. The molecule has 3 aromatic rings. The Morgan fingerprint density at radius 2 is 1.76 bits per heavy atom. The number of nitrogens with zero attached hydrogens (tertiary/aromatic N) is 1. The second-order valence-corrected chi connectivity index (χ2v) is 7.64. The van der Waals surface area contributed by atoms with E-state index in [4.69, 9.17) is 9.15 Å². The summed E-state index contributed by atoms with van der Waals surface area (Å²) < 4.78 is 10.8. The minimum atomic E-state index is -0.258. The lowest BCUT2D eigenvalue weighted by atomic mass is 10.1. The first-order valence-corrected chi connectivity index (χ1v) is 10.7. The molecular weight excluding hydrogens is 436 g/mol. The molecule has 0 bridgehead atoms. The maximum absolute atomic E-state index is 12.9. The van der Waals surface area contributed by atoms with E-state index in [1.807, 2.05) is 23.1 Å². The van der Waals surface area contributed by atoms with Crippen LogP contribution in [-0.2, 0) is 22.7 Å². The molecule has 9 nitrogen and oxygen atoms in total. The van der Waals surface area contributed by atoms with Gasteiger partial charge in [-0.2, -0.15) is 0 Å². The van der Waals surface area contributed by atoms with Crippen LogP contribution in [-0.4, -0.2) is 43.3 Å². The molecule has 0 saturated carbocycles. The standard InChI is InChI=1S/C25H28N4O5/c1-17(30)27-20-10-11-23(33-3)22(13-20)28-24(31)16-29(15-21-5-4-12-34-21)14-18-6-8-19(9-7-18)25(32)26-2/h4-13H,14-16H2,1-3H3,(H,26,32)(H,27,30)(H,28,31). The third-order valence-electron chi connectivity index (χ3n) is 4.97. The number of benzene rings is 2. The minimum Gasteiger partial charge on any atom is -0.495 e. The van der Waals surface area contributed by atoms with Crippen molar-refractivity contribution in [3.63, 3.8) is 0 Å². The third kappa shape index (κ3) is 6.94. The predicted molar refractivity (Wildman–Crippen MR) is 129 cm³/mol. The van der Waals surface area contributed by atoms with Crippen LogP contribution in [0.3, 0.4) is 0 Å². The number of ether oxygens (including phenoxy) is 1. The SMILES string of the molecule is CNC(=O)c1ccc(CN(CC(=O)Nc2cc(NC(C)=O)ccc2OC)Cc2ccco2)cc1. The largest absolute Gasteiger partial charge is 0.495 e. The van der Waals surface area contributed by atoms with Crippen molar-refractivity contribution in [1.29, 1.82) is 0 Å². The Labute approximate surface area is 198 Å². The van der Waals surface area contributed by atoms with Gasteiger partial charge in [-0.1, -0.05) is 12.1 Å². The van der Waals surface area contributed by atoms with Gasteiger partial charge in [-0.3, -0.25) is 19.3 Å². The van der Waals surface area contributed by atoms with Gasteiger partial charge in [0.05, 0.1) is 32.1 Å². The summed E-state index contributed by atoms with van der Waals surface area (Å²) in [5.74, 6) is 0.569. The van der Waals surface area contributed by atoms with Gasteiger partial charge >= 0.3 is 0 Å². The van der Waals surface area contributed by atoms with Crippen LogP contribution in [0.5, 0.6) is 5.75 Å². The van der Waals surface area contributed by atoms with Gasteiger partial charge in [-0.05, 0) is 48.0 Å². The predicted octanol–water partition coefficient (Wildman–Crippen LogP) is 3.25. The highest BCUT2D eigenvalue weighted by atomic mass is 16.5. The van der Waals surface area contributed by atoms with Gasteiger partial charge < -0.3 is 25.1 Å². The van der Waals surface area contributed by atoms with Crippen molar-refractivity contribution in [2.24, 2.45) is 0 Å². The van der Waals surface area contributed by atoms with E-state index >= 15 is 0 Å². The van der Waals surface area contributed by atoms with E-state index < -0.39 is 0 Å². The average molecular weight is 465 g/mol. The highest BCUT2D eigenvalue weighted by Gasteiger charge is 2.16. The summed E-state index contributed by atoms with van der Waals surface area (Å²) in [7, 11) is 3.09. The number of rotatable bonds is 10. The van der Waals surface area contributed by atoms with Gasteiger partial charge in [-0.25, -0.2) is 0 Å². The van der Waals surface area contributed by atoms with E-state index in [0.29, 0.717) is 35.8 Å². The zero-order valence-corrected chi connectivity index (χ0v) is 19.4. The second kappa shape index (κ2) is 11.7. The number of carbonyl (C=O) groups is 3. The summed E-state index contributed by atoms with van der Waals surface area (Å²) in [6.07, 6.45) is 1.59. The van der Waals surface area contributed by atoms with E-state index in [1.165, 1.54) is 14.0 Å². The van der Waals surface area contributed by atoms with E-state index in [9.17, 15) is 14.4 Å². The molecule has 9 heteroatoms. The van der Waals surface area contributed by atoms with Crippen LogP contribution in [0.15, 0.2) is 65.3 Å². The summed E-state index contributed by atoms with van der Waals surface area (Å²) in [5, 5.41) is 8.15. The quantitative estimate of drug-likeness (QED) is 0.425. The number of methoxy groups -OCH3 is 1. The minimum absolute atomic E-state index is 0.0748. The van der Waals surface area contributed by atoms with Crippen molar-refractivity contribution >= 4 is 29.1 Å². The fourth-order valence-corrected chi connectivity index (χ4v) is 3.43. The normalized spacial score (nSPS) is 10.6. The number of carbonyl (C=O) groups excluding carboxylic acids is 3. The van der Waals surface area contributed by atoms with Crippen molar-refractivity contribution in [3.8, 4) is 5.75 Å². The molecule has 0 radical (unpaired) electrons. The average Bonchev–Trinajstić information content (AvgIpc) is 3.32. The molecule has 0 aliphatic carbocycles. The van der Waals surface area contributed by atoms with Crippen LogP contribution in [0, 0.1) is 0 Å². The first-order valence-electron chi connectivity index (χ1n) is 10.7. The molecule has 0 aliphatic heterocycles. The van der Waals surface area contributed by atoms with Gasteiger partial charge in [0.1, 0.15) is 11.5 Å². The van der Waals surface area contributed by atoms with E-state index in [1.54, 1.807) is 49.7 Å². The fraction of sp³-hybridized carbons (Fsp3) is 0.240. The second-order valence-electron chi connectivity index (χ2n) is 7.64. The Balaban J connectivity index is 1.74. The number of furan rings is 1. The molecule has 3 rings (SSSR count). The topological polar surface area (TPSA) is 113 Å². The fourth-order valence-electron chi connectivity index (χ4n) is 3.43. The third-order valence-corrected chi connectivity index (χ3v) is 4.97. The van der Waals surface area contributed by atoms with Gasteiger partial charge in [0.25, 0.3) is 5.91 Å². The lowest BCUT2D eigenvalue weighted by Crippen LogP contribution is -2.32. The van der Waals surface area contributed by atoms with Crippen molar-refractivity contribution in [1.82, 2.24) is 10.2 Å². The molecule has 2 aromatic carbocycles. The van der Waals surface area contributed by atoms with E-state index in [-0.39, 0.29) is 24.3 Å². The van der Waals surface area contributed by atoms with Crippen molar-refractivity contribution in [2.75, 3.05) is 31.3 Å². The molecule has 178 valence electrons. The van der Waals surface area contributed by atoms with Crippen molar-refractivity contribution in [2.45, 2.75) is 20.0 Å². The van der Waals surface area contributed by atoms with Gasteiger partial charge in [-0.15, -0.1) is 0 Å². The molecule has 34 heavy (non-hydrogen) atoms. The van der Waals surface area contributed by atoms with Crippen LogP contribution in [0.25, 0.3) is 0 Å². The molecule has 0 atom stereocenters. The number of nitrogens with one attached hydrogen (secondary N) is 3. The van der Waals surface area contributed by atoms with Crippen LogP contribution >= 0.6 is 0 Å². The molecule has 3 amide bonds. The molecule has 3 N–H and O–H groups in total. The van der Waals surface area contributed by atoms with Gasteiger partial charge in [0, 0.05) is 31.8 Å². The lowest BCUT2D eigenvalue weighted by Gasteiger charge is -2.21. The molecular formula is C25H28N4O5. The first-order chi connectivity index (χ1) is 16.4. The molecule has 0 saturated heterocycles. The van der Waals surface area contributed by atoms with Crippen molar-refractivity contribution < 1.29 is 23.5 Å². The maximum Gasteiger partial charge on any atom is 0.251 e. The highest BCUT2D eigenvalue weighted by Crippen LogP contribution is 2.28. The molecule has 0 spiro atoms. The van der Waals surface area contributed by atoms with Crippen LogP contribution < -0.4 is 20.7 Å². The lowest BCUT2D eigenvalue weighted by molar-refractivity contribution is -0.117. The smallest absolute Gasteiger partial charge is 0.251 e. The number of hydrogen-bond donors (Lipinski definition) is 3. The van der Waals surface area contributed by atoms with Crippen LogP contribution in [0.1, 0.15) is 28.6 Å². The van der Waals surface area contributed by atoms with Gasteiger partial charge in [0.15, 0.2) is 0 Å². The molecule has 1 heterocycles. The molecule has 1 aromatic heterocycles. The van der Waals surface area contributed by atoms with Crippen molar-refractivity contribution in [3.05, 3.63) is 77.7 Å². The first kappa shape index (κ1) is 24.5. The monoisotopic (exact) mass is 464 g/mol. The Morgan fingerprint density at radius 3 is 2.38 bits per heavy atom. The van der Waals surface area contributed by atoms with E-state index in [2.05, 4.69) is 16.0 Å². The summed E-state index contributed by atoms with van der Waals surface area (Å²) in [6, 6.07) is 15.9. The van der Waals surface area contributed by atoms with Gasteiger partial charge in [0.2, 0.25) is 11.8 Å². The summed E-state index contributed by atoms with van der Waals surface area (Å²) >= 11 is 0. The molecule has 0 unspecified atom stereocenters. The zero-order chi connectivity index (χ0) is 24.5.